The molecule has 1 fully saturated rings. The summed E-state index contributed by atoms with van der Waals surface area (Å²) in [4.78, 5) is 14.4. The number of carbonyl (C=O) groups excluding carboxylic acids is 1. The predicted octanol–water partition coefficient (Wildman–Crippen LogP) is 4.12. The highest BCUT2D eigenvalue weighted by Gasteiger charge is 2.21. The highest BCUT2D eigenvalue weighted by Crippen LogP contribution is 2.24. The van der Waals surface area contributed by atoms with E-state index >= 15 is 0 Å². The molecule has 1 amide bonds. The first kappa shape index (κ1) is 20.5. The van der Waals surface area contributed by atoms with Gasteiger partial charge in [-0.1, -0.05) is 49.0 Å². The lowest BCUT2D eigenvalue weighted by Gasteiger charge is -2.15. The zero-order valence-corrected chi connectivity index (χ0v) is 18.0. The summed E-state index contributed by atoms with van der Waals surface area (Å²) in [5, 5.41) is 9.42. The van der Waals surface area contributed by atoms with Crippen molar-refractivity contribution in [3.05, 3.63) is 66.0 Å². The molecule has 0 aliphatic carbocycles. The summed E-state index contributed by atoms with van der Waals surface area (Å²) >= 11 is 1.43. The molecule has 6 nitrogen and oxygen atoms in total. The zero-order valence-electron chi connectivity index (χ0n) is 17.2. The van der Waals surface area contributed by atoms with Gasteiger partial charge in [-0.2, -0.15) is 0 Å². The van der Waals surface area contributed by atoms with Gasteiger partial charge in [0.1, 0.15) is 12.4 Å². The Labute approximate surface area is 181 Å². The quantitative estimate of drug-likeness (QED) is 0.511. The van der Waals surface area contributed by atoms with Gasteiger partial charge < -0.3 is 9.64 Å². The maximum atomic E-state index is 12.5. The average molecular weight is 423 g/mol. The van der Waals surface area contributed by atoms with Crippen LogP contribution in [0.1, 0.15) is 31.2 Å². The van der Waals surface area contributed by atoms with Crippen LogP contribution >= 0.6 is 11.8 Å². The smallest absolute Gasteiger partial charge is 0.233 e. The Morgan fingerprint density at radius 2 is 1.77 bits per heavy atom. The Morgan fingerprint density at radius 3 is 2.47 bits per heavy atom. The number of nitrogens with zero attached hydrogens (tertiary/aromatic N) is 4. The Morgan fingerprint density at radius 1 is 1.03 bits per heavy atom. The van der Waals surface area contributed by atoms with Gasteiger partial charge in [-0.05, 0) is 49.1 Å². The molecule has 1 saturated heterocycles. The van der Waals surface area contributed by atoms with E-state index in [0.29, 0.717) is 23.3 Å². The molecular weight excluding hydrogens is 396 g/mol. The molecule has 30 heavy (non-hydrogen) atoms. The van der Waals surface area contributed by atoms with E-state index in [0.717, 1.165) is 43.8 Å². The molecule has 0 radical (unpaired) electrons. The number of para-hydroxylation sites is 1. The van der Waals surface area contributed by atoms with Crippen LogP contribution in [0, 0.1) is 0 Å². The third-order valence-corrected chi connectivity index (χ3v) is 6.11. The minimum atomic E-state index is 0.161. The standard InChI is InChI=1S/C23H26N4O2S/c1-2-18-10-12-20(13-11-18)29-16-21-24-25-23(27(21)19-8-4-3-5-9-19)30-17-22(28)26-14-6-7-15-26/h3-5,8-13H,2,6-7,14-17H2,1H3. The number of aromatic nitrogens is 3. The minimum absolute atomic E-state index is 0.161. The van der Waals surface area contributed by atoms with Crippen molar-refractivity contribution in [1.82, 2.24) is 19.7 Å². The fourth-order valence-corrected chi connectivity index (χ4v) is 4.35. The van der Waals surface area contributed by atoms with Gasteiger partial charge in [-0.15, -0.1) is 10.2 Å². The molecule has 3 aromatic rings. The molecule has 1 aliphatic heterocycles. The van der Waals surface area contributed by atoms with Crippen molar-refractivity contribution >= 4 is 17.7 Å². The van der Waals surface area contributed by atoms with E-state index in [9.17, 15) is 4.79 Å². The Kier molecular flexibility index (Phi) is 6.69. The molecule has 4 rings (SSSR count). The molecule has 1 aromatic heterocycles. The minimum Gasteiger partial charge on any atom is -0.486 e. The van der Waals surface area contributed by atoms with Crippen molar-refractivity contribution in [3.8, 4) is 11.4 Å². The second kappa shape index (κ2) is 9.80. The number of likely N-dealkylation sites (tertiary alicyclic amines) is 1. The summed E-state index contributed by atoms with van der Waals surface area (Å²) in [6.07, 6.45) is 3.19. The van der Waals surface area contributed by atoms with Crippen LogP contribution in [0.25, 0.3) is 5.69 Å². The van der Waals surface area contributed by atoms with E-state index in [-0.39, 0.29) is 5.91 Å². The molecule has 2 aromatic carbocycles. The number of ether oxygens (including phenoxy) is 1. The molecule has 156 valence electrons. The van der Waals surface area contributed by atoms with Crippen LogP contribution < -0.4 is 4.74 Å². The number of aryl methyl sites for hydroxylation is 1. The monoisotopic (exact) mass is 422 g/mol. The third-order valence-electron chi connectivity index (χ3n) is 5.20. The lowest BCUT2D eigenvalue weighted by molar-refractivity contribution is -0.127. The molecule has 2 heterocycles. The molecule has 0 bridgehead atoms. The number of rotatable bonds is 8. The summed E-state index contributed by atoms with van der Waals surface area (Å²) < 4.78 is 7.94. The van der Waals surface area contributed by atoms with E-state index in [1.807, 2.05) is 51.9 Å². The van der Waals surface area contributed by atoms with Gasteiger partial charge in [0.05, 0.1) is 5.75 Å². The second-order valence-electron chi connectivity index (χ2n) is 7.23. The van der Waals surface area contributed by atoms with Crippen LogP contribution in [0.5, 0.6) is 5.75 Å². The largest absolute Gasteiger partial charge is 0.486 e. The molecule has 1 aliphatic rings. The van der Waals surface area contributed by atoms with Crippen LogP contribution in [0.15, 0.2) is 59.8 Å². The maximum Gasteiger partial charge on any atom is 0.233 e. The van der Waals surface area contributed by atoms with Crippen LogP contribution in [0.2, 0.25) is 0 Å². The van der Waals surface area contributed by atoms with Crippen LogP contribution in [-0.2, 0) is 17.8 Å². The molecular formula is C23H26N4O2S. The van der Waals surface area contributed by atoms with E-state index in [1.54, 1.807) is 0 Å². The molecule has 0 saturated carbocycles. The number of amides is 1. The van der Waals surface area contributed by atoms with Crippen molar-refractivity contribution in [1.29, 1.82) is 0 Å². The van der Waals surface area contributed by atoms with E-state index in [4.69, 9.17) is 4.74 Å². The Bertz CT molecular complexity index is 967. The number of hydrogen-bond acceptors (Lipinski definition) is 5. The first-order chi connectivity index (χ1) is 14.7. The topological polar surface area (TPSA) is 60.3 Å². The second-order valence-corrected chi connectivity index (χ2v) is 8.18. The SMILES string of the molecule is CCc1ccc(OCc2nnc(SCC(=O)N3CCCC3)n2-c2ccccc2)cc1. The predicted molar refractivity (Wildman–Crippen MR) is 118 cm³/mol. The van der Waals surface area contributed by atoms with Gasteiger partial charge in [-0.25, -0.2) is 0 Å². The van der Waals surface area contributed by atoms with E-state index in [1.165, 1.54) is 17.3 Å². The molecule has 0 unspecified atom stereocenters. The fraction of sp³-hybridized carbons (Fsp3) is 0.348. The summed E-state index contributed by atoms with van der Waals surface area (Å²) in [7, 11) is 0. The van der Waals surface area contributed by atoms with Gasteiger partial charge in [0.25, 0.3) is 0 Å². The molecule has 7 heteroatoms. The van der Waals surface area contributed by atoms with Crippen LogP contribution in [-0.4, -0.2) is 44.4 Å². The van der Waals surface area contributed by atoms with Crippen molar-refractivity contribution in [2.45, 2.75) is 37.9 Å². The van der Waals surface area contributed by atoms with E-state index in [2.05, 4.69) is 29.3 Å². The summed E-state index contributed by atoms with van der Waals surface area (Å²) in [5.41, 5.74) is 2.23. The number of carbonyl (C=O) groups is 1. The van der Waals surface area contributed by atoms with Crippen molar-refractivity contribution in [2.75, 3.05) is 18.8 Å². The fourth-order valence-electron chi connectivity index (χ4n) is 3.48. The highest BCUT2D eigenvalue weighted by molar-refractivity contribution is 7.99. The van der Waals surface area contributed by atoms with Gasteiger partial charge >= 0.3 is 0 Å². The van der Waals surface area contributed by atoms with Crippen molar-refractivity contribution < 1.29 is 9.53 Å². The third kappa shape index (κ3) is 4.84. The van der Waals surface area contributed by atoms with Crippen LogP contribution in [0.3, 0.4) is 0 Å². The summed E-state index contributed by atoms with van der Waals surface area (Å²) in [5.74, 6) is 2.03. The first-order valence-electron chi connectivity index (χ1n) is 10.4. The molecule has 0 spiro atoms. The lowest BCUT2D eigenvalue weighted by Crippen LogP contribution is -2.29. The Hall–Kier alpha value is -2.80. The first-order valence-corrected chi connectivity index (χ1v) is 11.3. The lowest BCUT2D eigenvalue weighted by atomic mass is 10.2. The zero-order chi connectivity index (χ0) is 20.8. The maximum absolute atomic E-state index is 12.5. The number of thioether (sulfide) groups is 1. The van der Waals surface area contributed by atoms with Gasteiger partial charge in [0.2, 0.25) is 5.91 Å². The summed E-state index contributed by atoms with van der Waals surface area (Å²) in [6, 6.07) is 18.1. The van der Waals surface area contributed by atoms with Gasteiger partial charge in [0.15, 0.2) is 11.0 Å². The van der Waals surface area contributed by atoms with Crippen molar-refractivity contribution in [2.24, 2.45) is 0 Å². The van der Waals surface area contributed by atoms with Gasteiger partial charge in [0, 0.05) is 18.8 Å². The van der Waals surface area contributed by atoms with Crippen molar-refractivity contribution in [3.63, 3.8) is 0 Å². The molecule has 0 N–H and O–H groups in total. The highest BCUT2D eigenvalue weighted by atomic mass is 32.2. The Balaban J connectivity index is 1.50. The molecule has 0 atom stereocenters. The number of benzene rings is 2. The van der Waals surface area contributed by atoms with E-state index < -0.39 is 0 Å². The average Bonchev–Trinajstić information content (AvgIpc) is 3.47. The van der Waals surface area contributed by atoms with Gasteiger partial charge in [-0.3, -0.25) is 9.36 Å². The number of hydrogen-bond donors (Lipinski definition) is 0. The van der Waals surface area contributed by atoms with Crippen LogP contribution in [0.4, 0.5) is 0 Å². The summed E-state index contributed by atoms with van der Waals surface area (Å²) in [6.45, 7) is 4.15. The normalized spacial score (nSPS) is 13.6.